The van der Waals surface area contributed by atoms with E-state index in [1.807, 2.05) is 0 Å². The lowest BCUT2D eigenvalue weighted by molar-refractivity contribution is 1.27. The van der Waals surface area contributed by atoms with Crippen molar-refractivity contribution in [2.75, 3.05) is 0 Å². The van der Waals surface area contributed by atoms with E-state index in [1.54, 1.807) is 0 Å². The van der Waals surface area contributed by atoms with Crippen molar-refractivity contribution in [2.24, 2.45) is 20.9 Å². The first-order valence-corrected chi connectivity index (χ1v) is 3.43. The van der Waals surface area contributed by atoms with Crippen LogP contribution in [0.3, 0.4) is 0 Å². The van der Waals surface area contributed by atoms with Crippen LogP contribution in [0.1, 0.15) is 0 Å². The fourth-order valence-electron chi connectivity index (χ4n) is 0.437. The largest absolute Gasteiger partial charge is 0.384 e. The molecule has 4 heteroatoms. The molecule has 0 bridgehead atoms. The predicted molar refractivity (Wildman–Crippen MR) is 58.1 cm³/mol. The molecular formula is C9H12N4. The quantitative estimate of drug-likeness (QED) is 0.383. The van der Waals surface area contributed by atoms with Gasteiger partial charge in [0.1, 0.15) is 5.82 Å². The average molecular weight is 176 g/mol. The van der Waals surface area contributed by atoms with Crippen molar-refractivity contribution < 1.29 is 0 Å². The highest BCUT2D eigenvalue weighted by atomic mass is 15.2. The van der Waals surface area contributed by atoms with Crippen molar-refractivity contribution in [3.63, 3.8) is 0 Å². The van der Waals surface area contributed by atoms with E-state index < -0.39 is 0 Å². The van der Waals surface area contributed by atoms with E-state index in [0.717, 1.165) is 0 Å². The molecule has 0 aromatic carbocycles. The van der Waals surface area contributed by atoms with Crippen molar-refractivity contribution in [1.82, 2.24) is 0 Å². The zero-order valence-electron chi connectivity index (χ0n) is 7.40. The summed E-state index contributed by atoms with van der Waals surface area (Å²) >= 11 is 0. The lowest BCUT2D eigenvalue weighted by Crippen LogP contribution is -1.94. The van der Waals surface area contributed by atoms with Crippen LogP contribution >= 0.6 is 0 Å². The summed E-state index contributed by atoms with van der Waals surface area (Å²) in [5, 5.41) is 6.82. The second-order valence-corrected chi connectivity index (χ2v) is 2.19. The summed E-state index contributed by atoms with van der Waals surface area (Å²) in [7, 11) is 0. The molecule has 0 radical (unpaired) electrons. The SMILES string of the molecule is C=N/N=C\C(=C)C(=C)/C=N\C(=C)N. The summed E-state index contributed by atoms with van der Waals surface area (Å²) in [4.78, 5) is 3.74. The first kappa shape index (κ1) is 11.0. The Bertz CT molecular complexity index is 297. The summed E-state index contributed by atoms with van der Waals surface area (Å²) in [6.07, 6.45) is 2.89. The van der Waals surface area contributed by atoms with E-state index in [1.165, 1.54) is 12.4 Å². The molecule has 0 rings (SSSR count). The Kier molecular flexibility index (Phi) is 4.79. The number of allylic oxidation sites excluding steroid dienone is 2. The molecule has 4 nitrogen and oxygen atoms in total. The van der Waals surface area contributed by atoms with Gasteiger partial charge in [-0.15, -0.1) is 0 Å². The Hall–Kier alpha value is -1.97. The first-order chi connectivity index (χ1) is 6.07. The van der Waals surface area contributed by atoms with Crippen molar-refractivity contribution in [1.29, 1.82) is 0 Å². The minimum atomic E-state index is 0.215. The van der Waals surface area contributed by atoms with Gasteiger partial charge in [-0.25, -0.2) is 4.99 Å². The number of aliphatic imine (C=N–C) groups is 1. The van der Waals surface area contributed by atoms with Gasteiger partial charge in [0.2, 0.25) is 0 Å². The maximum absolute atomic E-state index is 5.22. The van der Waals surface area contributed by atoms with Gasteiger partial charge >= 0.3 is 0 Å². The lowest BCUT2D eigenvalue weighted by Gasteiger charge is -1.95. The summed E-state index contributed by atoms with van der Waals surface area (Å²) in [6, 6.07) is 0. The van der Waals surface area contributed by atoms with Gasteiger partial charge in [0, 0.05) is 12.9 Å². The molecule has 0 amide bonds. The van der Waals surface area contributed by atoms with E-state index >= 15 is 0 Å². The molecule has 0 aromatic heterocycles. The van der Waals surface area contributed by atoms with Gasteiger partial charge in [0.15, 0.2) is 0 Å². The van der Waals surface area contributed by atoms with Gasteiger partial charge in [-0.1, -0.05) is 19.7 Å². The van der Waals surface area contributed by atoms with Crippen molar-refractivity contribution >= 4 is 19.1 Å². The van der Waals surface area contributed by atoms with Crippen LogP contribution in [-0.4, -0.2) is 19.1 Å². The van der Waals surface area contributed by atoms with Gasteiger partial charge < -0.3 is 5.73 Å². The molecule has 0 aromatic rings. The molecular weight excluding hydrogens is 164 g/mol. The smallest absolute Gasteiger partial charge is 0.116 e. The number of hydrogen-bond acceptors (Lipinski definition) is 4. The molecule has 0 aliphatic carbocycles. The predicted octanol–water partition coefficient (Wildman–Crippen LogP) is 1.29. The minimum absolute atomic E-state index is 0.215. The van der Waals surface area contributed by atoms with Gasteiger partial charge in [-0.05, 0) is 11.1 Å². The Morgan fingerprint density at radius 1 is 1.08 bits per heavy atom. The van der Waals surface area contributed by atoms with E-state index in [2.05, 4.69) is 41.6 Å². The third-order valence-electron chi connectivity index (χ3n) is 1.09. The highest BCUT2D eigenvalue weighted by molar-refractivity contribution is 5.97. The standard InChI is InChI=1S/C9H12N4/c1-7(5-12-9(3)10)8(2)6-13-11-4/h5-6H,1-4,10H2/b12-5-,13-6-. The summed E-state index contributed by atoms with van der Waals surface area (Å²) in [5.74, 6) is 0.215. The molecule has 0 saturated heterocycles. The highest BCUT2D eigenvalue weighted by Gasteiger charge is 1.92. The number of nitrogens with zero attached hydrogens (tertiary/aromatic N) is 3. The Morgan fingerprint density at radius 2 is 1.62 bits per heavy atom. The monoisotopic (exact) mass is 176 g/mol. The fourth-order valence-corrected chi connectivity index (χ4v) is 0.437. The fraction of sp³-hybridized carbons (Fsp3) is 0. The third kappa shape index (κ3) is 5.32. The van der Waals surface area contributed by atoms with Gasteiger partial charge in [-0.3, -0.25) is 0 Å². The van der Waals surface area contributed by atoms with Crippen LogP contribution in [0.25, 0.3) is 0 Å². The van der Waals surface area contributed by atoms with E-state index in [0.29, 0.717) is 11.1 Å². The normalized spacial score (nSPS) is 10.5. The van der Waals surface area contributed by atoms with Crippen LogP contribution in [0.15, 0.2) is 51.9 Å². The molecule has 68 valence electrons. The molecule has 0 unspecified atom stereocenters. The maximum atomic E-state index is 5.22. The molecule has 0 atom stereocenters. The Morgan fingerprint density at radius 3 is 2.08 bits per heavy atom. The van der Waals surface area contributed by atoms with E-state index in [9.17, 15) is 0 Å². The molecule has 0 aliphatic rings. The van der Waals surface area contributed by atoms with E-state index in [4.69, 9.17) is 5.73 Å². The van der Waals surface area contributed by atoms with Gasteiger partial charge in [0.05, 0.1) is 6.21 Å². The average Bonchev–Trinajstić information content (AvgIpc) is 2.10. The Balaban J connectivity index is 4.28. The number of rotatable bonds is 5. The molecule has 0 saturated carbocycles. The van der Waals surface area contributed by atoms with Crippen LogP contribution in [0, 0.1) is 0 Å². The van der Waals surface area contributed by atoms with Crippen LogP contribution in [0.2, 0.25) is 0 Å². The molecule has 2 N–H and O–H groups in total. The first-order valence-electron chi connectivity index (χ1n) is 3.43. The lowest BCUT2D eigenvalue weighted by atomic mass is 10.2. The zero-order valence-corrected chi connectivity index (χ0v) is 7.40. The minimum Gasteiger partial charge on any atom is -0.384 e. The van der Waals surface area contributed by atoms with Gasteiger partial charge in [-0.2, -0.15) is 10.2 Å². The zero-order chi connectivity index (χ0) is 10.3. The molecule has 0 heterocycles. The van der Waals surface area contributed by atoms with Gasteiger partial charge in [0.25, 0.3) is 0 Å². The topological polar surface area (TPSA) is 63.1 Å². The van der Waals surface area contributed by atoms with Crippen LogP contribution in [-0.2, 0) is 0 Å². The van der Waals surface area contributed by atoms with Crippen LogP contribution in [0.5, 0.6) is 0 Å². The maximum Gasteiger partial charge on any atom is 0.116 e. The van der Waals surface area contributed by atoms with E-state index in [-0.39, 0.29) is 5.82 Å². The van der Waals surface area contributed by atoms with Crippen molar-refractivity contribution in [2.45, 2.75) is 0 Å². The van der Waals surface area contributed by atoms with Crippen molar-refractivity contribution in [3.05, 3.63) is 36.7 Å². The Labute approximate surface area is 77.6 Å². The van der Waals surface area contributed by atoms with Crippen LogP contribution < -0.4 is 5.73 Å². The molecule has 0 aliphatic heterocycles. The van der Waals surface area contributed by atoms with Crippen molar-refractivity contribution in [3.8, 4) is 0 Å². The second-order valence-electron chi connectivity index (χ2n) is 2.19. The summed E-state index contributed by atoms with van der Waals surface area (Å²) in [6.45, 7) is 13.9. The number of nitrogens with two attached hydrogens (primary N) is 1. The van der Waals surface area contributed by atoms with Crippen LogP contribution in [0.4, 0.5) is 0 Å². The molecule has 13 heavy (non-hydrogen) atoms. The third-order valence-corrected chi connectivity index (χ3v) is 1.09. The summed E-state index contributed by atoms with van der Waals surface area (Å²) in [5.41, 5.74) is 6.41. The summed E-state index contributed by atoms with van der Waals surface area (Å²) < 4.78 is 0. The number of hydrogen-bond donors (Lipinski definition) is 1. The molecule has 0 fully saturated rings. The highest BCUT2D eigenvalue weighted by Crippen LogP contribution is 1.99. The second kappa shape index (κ2) is 5.65. The molecule has 0 spiro atoms.